The Morgan fingerprint density at radius 3 is 2.90 bits per heavy atom. The second kappa shape index (κ2) is 6.55. The number of rotatable bonds is 5. The molecule has 2 atom stereocenters. The largest absolute Gasteiger partial charge is 0.375 e. The molecule has 1 saturated heterocycles. The van der Waals surface area contributed by atoms with E-state index in [4.69, 9.17) is 16.3 Å². The van der Waals surface area contributed by atoms with Crippen molar-refractivity contribution in [3.05, 3.63) is 28.8 Å². The van der Waals surface area contributed by atoms with E-state index < -0.39 is 0 Å². The van der Waals surface area contributed by atoms with E-state index >= 15 is 0 Å². The molecule has 4 heteroatoms. The average molecular weight is 309 g/mol. The second-order valence-electron chi connectivity index (χ2n) is 6.29. The summed E-state index contributed by atoms with van der Waals surface area (Å²) >= 11 is 6.26. The van der Waals surface area contributed by atoms with Crippen molar-refractivity contribution in [1.29, 1.82) is 0 Å². The quantitative estimate of drug-likeness (QED) is 0.899. The van der Waals surface area contributed by atoms with Crippen LogP contribution in [0.5, 0.6) is 0 Å². The van der Waals surface area contributed by atoms with E-state index in [1.807, 2.05) is 6.07 Å². The molecular weight excluding hydrogens is 284 g/mol. The highest BCUT2D eigenvalue weighted by molar-refractivity contribution is 6.30. The lowest BCUT2D eigenvalue weighted by atomic mass is 10.1. The van der Waals surface area contributed by atoms with Gasteiger partial charge in [-0.3, -0.25) is 0 Å². The molecule has 1 N–H and O–H groups in total. The summed E-state index contributed by atoms with van der Waals surface area (Å²) in [6.45, 7) is 7.05. The third-order valence-electron chi connectivity index (χ3n) is 4.45. The second-order valence-corrected chi connectivity index (χ2v) is 6.72. The van der Waals surface area contributed by atoms with Crippen molar-refractivity contribution in [3.63, 3.8) is 0 Å². The predicted molar refractivity (Wildman–Crippen MR) is 88.2 cm³/mol. The van der Waals surface area contributed by atoms with E-state index in [0.717, 1.165) is 37.2 Å². The standard InChI is InChI=1S/C17H25ClN2O/c1-3-16-11-21-12(2)10-20(16)17-8-14(18)5-4-13(17)9-19-15-6-7-15/h4-5,8,12,15-16,19H,3,6-7,9-11H2,1-2H3. The zero-order valence-corrected chi connectivity index (χ0v) is 13.7. The van der Waals surface area contributed by atoms with Gasteiger partial charge >= 0.3 is 0 Å². The molecule has 21 heavy (non-hydrogen) atoms. The molecular formula is C17H25ClN2O. The first-order valence-corrected chi connectivity index (χ1v) is 8.45. The zero-order valence-electron chi connectivity index (χ0n) is 12.9. The Hall–Kier alpha value is -0.770. The van der Waals surface area contributed by atoms with Crippen LogP contribution >= 0.6 is 11.6 Å². The van der Waals surface area contributed by atoms with Crippen molar-refractivity contribution in [2.45, 2.75) is 57.8 Å². The van der Waals surface area contributed by atoms with Gasteiger partial charge in [0.25, 0.3) is 0 Å². The summed E-state index contributed by atoms with van der Waals surface area (Å²) in [5.41, 5.74) is 2.62. The molecule has 1 saturated carbocycles. The number of anilines is 1. The van der Waals surface area contributed by atoms with Gasteiger partial charge in [-0.15, -0.1) is 0 Å². The van der Waals surface area contributed by atoms with Crippen LogP contribution in [0.1, 0.15) is 38.7 Å². The van der Waals surface area contributed by atoms with E-state index in [0.29, 0.717) is 6.04 Å². The van der Waals surface area contributed by atoms with Gasteiger partial charge in [-0.05, 0) is 43.9 Å². The van der Waals surface area contributed by atoms with Crippen molar-refractivity contribution in [3.8, 4) is 0 Å². The summed E-state index contributed by atoms with van der Waals surface area (Å²) in [7, 11) is 0. The number of hydrogen-bond donors (Lipinski definition) is 1. The van der Waals surface area contributed by atoms with Gasteiger partial charge in [0.05, 0.1) is 18.8 Å². The molecule has 0 spiro atoms. The Labute approximate surface area is 132 Å². The van der Waals surface area contributed by atoms with Gasteiger partial charge in [0.15, 0.2) is 0 Å². The maximum absolute atomic E-state index is 6.26. The molecule has 1 aromatic rings. The smallest absolute Gasteiger partial charge is 0.0723 e. The first kappa shape index (κ1) is 15.1. The summed E-state index contributed by atoms with van der Waals surface area (Å²) < 4.78 is 5.82. The van der Waals surface area contributed by atoms with Crippen molar-refractivity contribution < 1.29 is 4.74 Å². The summed E-state index contributed by atoms with van der Waals surface area (Å²) in [5, 5.41) is 4.43. The molecule has 1 heterocycles. The molecule has 1 aliphatic heterocycles. The SMILES string of the molecule is CCC1COC(C)CN1c1cc(Cl)ccc1CNC1CC1. The number of morpholine rings is 1. The molecule has 0 bridgehead atoms. The number of hydrogen-bond acceptors (Lipinski definition) is 3. The lowest BCUT2D eigenvalue weighted by molar-refractivity contribution is 0.0299. The van der Waals surface area contributed by atoms with Crippen LogP contribution in [0.15, 0.2) is 18.2 Å². The highest BCUT2D eigenvalue weighted by atomic mass is 35.5. The van der Waals surface area contributed by atoms with E-state index in [-0.39, 0.29) is 6.10 Å². The van der Waals surface area contributed by atoms with Gasteiger partial charge in [0.1, 0.15) is 0 Å². The minimum absolute atomic E-state index is 0.274. The molecule has 116 valence electrons. The molecule has 1 aliphatic carbocycles. The topological polar surface area (TPSA) is 24.5 Å². The third kappa shape index (κ3) is 3.71. The highest BCUT2D eigenvalue weighted by Crippen LogP contribution is 2.30. The summed E-state index contributed by atoms with van der Waals surface area (Å²) in [6.07, 6.45) is 4.00. The minimum atomic E-state index is 0.274. The first-order chi connectivity index (χ1) is 10.2. The van der Waals surface area contributed by atoms with Crippen LogP contribution in [-0.4, -0.2) is 31.3 Å². The lowest BCUT2D eigenvalue weighted by Crippen LogP contribution is -2.49. The number of halogens is 1. The van der Waals surface area contributed by atoms with Gasteiger partial charge in [-0.25, -0.2) is 0 Å². The number of nitrogens with one attached hydrogen (secondary N) is 1. The Balaban J connectivity index is 1.84. The maximum Gasteiger partial charge on any atom is 0.0723 e. The Bertz CT molecular complexity index is 490. The van der Waals surface area contributed by atoms with Crippen molar-refractivity contribution in [2.75, 3.05) is 18.1 Å². The minimum Gasteiger partial charge on any atom is -0.375 e. The molecule has 0 radical (unpaired) electrons. The molecule has 0 aromatic heterocycles. The van der Waals surface area contributed by atoms with E-state index in [1.54, 1.807) is 0 Å². The fraction of sp³-hybridized carbons (Fsp3) is 0.647. The van der Waals surface area contributed by atoms with Gasteiger partial charge < -0.3 is 15.0 Å². The lowest BCUT2D eigenvalue weighted by Gasteiger charge is -2.41. The fourth-order valence-corrected chi connectivity index (χ4v) is 3.14. The van der Waals surface area contributed by atoms with E-state index in [9.17, 15) is 0 Å². The highest BCUT2D eigenvalue weighted by Gasteiger charge is 2.28. The summed E-state index contributed by atoms with van der Waals surface area (Å²) in [4.78, 5) is 2.49. The predicted octanol–water partition coefficient (Wildman–Crippen LogP) is 3.60. The van der Waals surface area contributed by atoms with Crippen molar-refractivity contribution in [2.24, 2.45) is 0 Å². The Morgan fingerprint density at radius 2 is 2.19 bits per heavy atom. The van der Waals surface area contributed by atoms with Crippen LogP contribution in [0.2, 0.25) is 5.02 Å². The number of benzene rings is 1. The first-order valence-electron chi connectivity index (χ1n) is 8.07. The van der Waals surface area contributed by atoms with Crippen LogP contribution in [0.25, 0.3) is 0 Å². The zero-order chi connectivity index (χ0) is 14.8. The number of nitrogens with zero attached hydrogens (tertiary/aromatic N) is 1. The third-order valence-corrected chi connectivity index (χ3v) is 4.69. The van der Waals surface area contributed by atoms with Gasteiger partial charge in [-0.1, -0.05) is 24.6 Å². The van der Waals surface area contributed by atoms with Crippen LogP contribution < -0.4 is 10.2 Å². The molecule has 2 fully saturated rings. The molecule has 2 unspecified atom stereocenters. The van der Waals surface area contributed by atoms with Crippen LogP contribution in [0, 0.1) is 0 Å². The molecule has 0 amide bonds. The maximum atomic E-state index is 6.26. The van der Waals surface area contributed by atoms with Crippen molar-refractivity contribution in [1.82, 2.24) is 5.32 Å². The molecule has 2 aliphatic rings. The fourth-order valence-electron chi connectivity index (χ4n) is 2.97. The van der Waals surface area contributed by atoms with Gasteiger partial charge in [0, 0.05) is 29.8 Å². The normalized spacial score (nSPS) is 26.1. The van der Waals surface area contributed by atoms with Gasteiger partial charge in [-0.2, -0.15) is 0 Å². The van der Waals surface area contributed by atoms with Crippen LogP contribution in [-0.2, 0) is 11.3 Å². The van der Waals surface area contributed by atoms with Crippen molar-refractivity contribution >= 4 is 17.3 Å². The van der Waals surface area contributed by atoms with E-state index in [2.05, 4.69) is 36.2 Å². The van der Waals surface area contributed by atoms with Gasteiger partial charge in [0.2, 0.25) is 0 Å². The van der Waals surface area contributed by atoms with E-state index in [1.165, 1.54) is 24.1 Å². The molecule has 1 aromatic carbocycles. The molecule has 3 nitrogen and oxygen atoms in total. The van der Waals surface area contributed by atoms with Crippen LogP contribution in [0.4, 0.5) is 5.69 Å². The summed E-state index contributed by atoms with van der Waals surface area (Å²) in [5.74, 6) is 0. The summed E-state index contributed by atoms with van der Waals surface area (Å²) in [6, 6.07) is 7.45. The Morgan fingerprint density at radius 1 is 1.38 bits per heavy atom. The number of ether oxygens (including phenoxy) is 1. The van der Waals surface area contributed by atoms with Crippen LogP contribution in [0.3, 0.4) is 0 Å². The monoisotopic (exact) mass is 308 g/mol. The molecule has 3 rings (SSSR count). The average Bonchev–Trinajstić information content (AvgIpc) is 3.30. The Kier molecular flexibility index (Phi) is 4.72.